The first-order valence-corrected chi connectivity index (χ1v) is 6.47. The monoisotopic (exact) mass is 304 g/mol. The molecule has 2 aliphatic heterocycles. The molecule has 2 aliphatic rings. The number of thioether (sulfide) groups is 1. The van der Waals surface area contributed by atoms with E-state index in [2.05, 4.69) is 4.74 Å². The molecule has 2 heterocycles. The molecule has 1 saturated heterocycles. The third kappa shape index (κ3) is 2.11. The summed E-state index contributed by atoms with van der Waals surface area (Å²) in [6.07, 6.45) is -1.54. The van der Waals surface area contributed by atoms with Crippen LogP contribution >= 0.6 is 11.8 Å². The van der Waals surface area contributed by atoms with E-state index in [1.165, 1.54) is 5.41 Å². The number of carbonyl (C=O) groups excluding carboxylic acids is 2. The van der Waals surface area contributed by atoms with Crippen molar-refractivity contribution in [1.82, 2.24) is 4.90 Å². The van der Waals surface area contributed by atoms with Gasteiger partial charge in [-0.1, -0.05) is 0 Å². The number of fused-ring (bicyclic) bond motifs is 1. The zero-order valence-electron chi connectivity index (χ0n) is 10.1. The maximum Gasteiger partial charge on any atom is 0.512 e. The van der Waals surface area contributed by atoms with Gasteiger partial charge >= 0.3 is 12.1 Å². The number of aliphatic hydroxyl groups excluding tert-OH is 1. The average Bonchev–Trinajstić information content (AvgIpc) is 2.78. The Balaban J connectivity index is 2.07. The summed E-state index contributed by atoms with van der Waals surface area (Å²) in [5.74, 6) is -1.37. The van der Waals surface area contributed by atoms with Gasteiger partial charge in [0.05, 0.1) is 13.2 Å². The molecule has 110 valence electrons. The van der Waals surface area contributed by atoms with Crippen LogP contribution in [0.1, 0.15) is 0 Å². The second kappa shape index (κ2) is 5.31. The number of aliphatic hydroxyl groups is 1. The predicted octanol–water partition coefficient (Wildman–Crippen LogP) is -1.12. The van der Waals surface area contributed by atoms with E-state index in [4.69, 9.17) is 15.6 Å². The van der Waals surface area contributed by atoms with E-state index in [0.29, 0.717) is 0 Å². The van der Waals surface area contributed by atoms with Crippen LogP contribution in [0.25, 0.3) is 0 Å². The number of β-lactam (4-membered cyclic amide) rings is 1. The predicted molar refractivity (Wildman–Crippen MR) is 65.0 cm³/mol. The topological polar surface area (TPSA) is 139 Å². The highest BCUT2D eigenvalue weighted by molar-refractivity contribution is 8.03. The minimum Gasteiger partial charge on any atom is -0.463 e. The summed E-state index contributed by atoms with van der Waals surface area (Å²) in [7, 11) is 0. The third-order valence-corrected chi connectivity index (χ3v) is 4.28. The molecule has 0 unspecified atom stereocenters. The molecule has 0 radical (unpaired) electrons. The number of nitrogens with two attached hydrogens (primary N) is 1. The number of amides is 1. The van der Waals surface area contributed by atoms with E-state index in [1.54, 1.807) is 0 Å². The highest BCUT2D eigenvalue weighted by atomic mass is 32.2. The van der Waals surface area contributed by atoms with E-state index < -0.39 is 35.4 Å². The van der Waals surface area contributed by atoms with Crippen molar-refractivity contribution in [3.05, 3.63) is 11.3 Å². The number of ether oxygens (including phenoxy) is 2. The molecule has 10 heteroatoms. The number of carbonyl (C=O) groups is 3. The fourth-order valence-corrected chi connectivity index (χ4v) is 3.21. The lowest BCUT2D eigenvalue weighted by Crippen LogP contribution is -2.69. The molecular weight excluding hydrogens is 292 g/mol. The Bertz CT molecular complexity index is 494. The second-order valence-corrected chi connectivity index (χ2v) is 5.12. The van der Waals surface area contributed by atoms with E-state index in [-0.39, 0.29) is 19.0 Å². The number of hydrogen-bond acceptors (Lipinski definition) is 8. The van der Waals surface area contributed by atoms with Gasteiger partial charge < -0.3 is 25.4 Å². The van der Waals surface area contributed by atoms with Crippen LogP contribution in [0, 0.1) is 5.41 Å². The molecule has 0 saturated carbocycles. The van der Waals surface area contributed by atoms with Crippen LogP contribution < -0.4 is 5.73 Å². The lowest BCUT2D eigenvalue weighted by Gasteiger charge is -2.50. The quantitative estimate of drug-likeness (QED) is 0.425. The SMILES string of the molecule is NCC(=O)OC[C@@]1(CO)C(=O)N2C(OC(=O)O)=CS[C@@H]21. The van der Waals surface area contributed by atoms with Crippen molar-refractivity contribution in [1.29, 1.82) is 0 Å². The first-order chi connectivity index (χ1) is 9.46. The molecular formula is C10H12N2O7S. The molecule has 0 aromatic heterocycles. The van der Waals surface area contributed by atoms with Gasteiger partial charge in [0, 0.05) is 5.41 Å². The normalized spacial score (nSPS) is 27.5. The van der Waals surface area contributed by atoms with Gasteiger partial charge in [-0.15, -0.1) is 11.8 Å². The lowest BCUT2D eigenvalue weighted by molar-refractivity contribution is -0.178. The van der Waals surface area contributed by atoms with E-state index in [9.17, 15) is 19.5 Å². The van der Waals surface area contributed by atoms with Crippen LogP contribution in [0.2, 0.25) is 0 Å². The zero-order chi connectivity index (χ0) is 14.9. The molecule has 2 atom stereocenters. The highest BCUT2D eigenvalue weighted by Crippen LogP contribution is 2.52. The highest BCUT2D eigenvalue weighted by Gasteiger charge is 2.65. The van der Waals surface area contributed by atoms with Gasteiger partial charge in [0.25, 0.3) is 0 Å². The van der Waals surface area contributed by atoms with Crippen LogP contribution in [0.3, 0.4) is 0 Å². The Labute approximate surface area is 117 Å². The van der Waals surface area contributed by atoms with Crippen molar-refractivity contribution in [3.8, 4) is 0 Å². The van der Waals surface area contributed by atoms with Crippen molar-refractivity contribution in [2.45, 2.75) is 5.37 Å². The zero-order valence-corrected chi connectivity index (χ0v) is 11.0. The summed E-state index contributed by atoms with van der Waals surface area (Å²) in [5.41, 5.74) is 3.79. The molecule has 4 N–H and O–H groups in total. The van der Waals surface area contributed by atoms with Crippen LogP contribution in [-0.4, -0.2) is 58.3 Å². The molecule has 1 fully saturated rings. The fraction of sp³-hybridized carbons (Fsp3) is 0.500. The Morgan fingerprint density at radius 1 is 1.55 bits per heavy atom. The van der Waals surface area contributed by atoms with Gasteiger partial charge in [-0.3, -0.25) is 14.5 Å². The summed E-state index contributed by atoms with van der Waals surface area (Å²) in [5, 5.41) is 18.8. The summed E-state index contributed by atoms with van der Waals surface area (Å²) in [6.45, 7) is -1.18. The molecule has 0 aromatic carbocycles. The summed E-state index contributed by atoms with van der Waals surface area (Å²) in [4.78, 5) is 34.7. The van der Waals surface area contributed by atoms with Crippen molar-refractivity contribution in [2.75, 3.05) is 19.8 Å². The van der Waals surface area contributed by atoms with Gasteiger partial charge in [0.2, 0.25) is 11.8 Å². The van der Waals surface area contributed by atoms with E-state index in [0.717, 1.165) is 16.7 Å². The molecule has 0 aliphatic carbocycles. The van der Waals surface area contributed by atoms with Gasteiger partial charge in [0.15, 0.2) is 0 Å². The standard InChI is InChI=1S/C10H12N2O7S/c11-1-6(14)18-4-10(3-13)7(15)12-5(19-9(16)17)2-20-8(10)12/h2,8,13H,1,3-4,11H2,(H,16,17)/t8-,10+/m1/s1. The number of esters is 1. The number of hydrogen-bond donors (Lipinski definition) is 3. The molecule has 9 nitrogen and oxygen atoms in total. The van der Waals surface area contributed by atoms with Crippen molar-refractivity contribution in [3.63, 3.8) is 0 Å². The molecule has 1 amide bonds. The summed E-state index contributed by atoms with van der Waals surface area (Å²) < 4.78 is 9.27. The molecule has 20 heavy (non-hydrogen) atoms. The number of nitrogens with zero attached hydrogens (tertiary/aromatic N) is 1. The first-order valence-electron chi connectivity index (χ1n) is 5.53. The second-order valence-electron chi connectivity index (χ2n) is 4.17. The summed E-state index contributed by atoms with van der Waals surface area (Å²) >= 11 is 1.11. The average molecular weight is 304 g/mol. The Morgan fingerprint density at radius 2 is 2.25 bits per heavy atom. The van der Waals surface area contributed by atoms with Gasteiger partial charge in [-0.2, -0.15) is 0 Å². The van der Waals surface area contributed by atoms with Crippen LogP contribution in [0.15, 0.2) is 11.3 Å². The first kappa shape index (κ1) is 14.6. The molecule has 0 bridgehead atoms. The maximum absolute atomic E-state index is 12.1. The van der Waals surface area contributed by atoms with Gasteiger partial charge in [-0.25, -0.2) is 4.79 Å². The van der Waals surface area contributed by atoms with E-state index in [1.807, 2.05) is 0 Å². The Morgan fingerprint density at radius 3 is 2.80 bits per heavy atom. The van der Waals surface area contributed by atoms with Crippen LogP contribution in [0.5, 0.6) is 0 Å². The maximum atomic E-state index is 12.1. The molecule has 2 rings (SSSR count). The number of rotatable bonds is 5. The van der Waals surface area contributed by atoms with E-state index >= 15 is 0 Å². The van der Waals surface area contributed by atoms with Gasteiger partial charge in [-0.05, 0) is 0 Å². The largest absolute Gasteiger partial charge is 0.512 e. The van der Waals surface area contributed by atoms with Crippen molar-refractivity contribution in [2.24, 2.45) is 11.1 Å². The van der Waals surface area contributed by atoms with Crippen LogP contribution in [-0.2, 0) is 19.1 Å². The fourth-order valence-electron chi connectivity index (χ4n) is 1.97. The molecule has 0 aromatic rings. The number of carboxylic acid groups (broad SMARTS) is 1. The third-order valence-electron chi connectivity index (χ3n) is 3.02. The Hall–Kier alpha value is -1.78. The lowest BCUT2D eigenvalue weighted by atomic mass is 9.80. The minimum atomic E-state index is -1.54. The van der Waals surface area contributed by atoms with Gasteiger partial charge in [0.1, 0.15) is 17.4 Å². The Kier molecular flexibility index (Phi) is 3.88. The molecule has 0 spiro atoms. The van der Waals surface area contributed by atoms with Crippen LogP contribution in [0.4, 0.5) is 4.79 Å². The smallest absolute Gasteiger partial charge is 0.463 e. The minimum absolute atomic E-state index is 0.119. The summed E-state index contributed by atoms with van der Waals surface area (Å²) in [6, 6.07) is 0. The van der Waals surface area contributed by atoms with Crippen molar-refractivity contribution >= 4 is 29.8 Å². The van der Waals surface area contributed by atoms with Crippen molar-refractivity contribution < 1.29 is 34.1 Å².